The first kappa shape index (κ1) is 17.6. The Kier molecular flexibility index (Phi) is 13.5. The Balaban J connectivity index is 0. The molecule has 0 unspecified atom stereocenters. The van der Waals surface area contributed by atoms with E-state index in [0.717, 1.165) is 13.0 Å². The SMILES string of the molecule is CCCCCCCC[NH2+]C(N)=NC(=N)N.[Cl-]. The van der Waals surface area contributed by atoms with E-state index in [0.29, 0.717) is 5.96 Å². The minimum absolute atomic E-state index is 0. The Labute approximate surface area is 104 Å². The van der Waals surface area contributed by atoms with Crippen LogP contribution in [-0.2, 0) is 0 Å². The molecule has 0 saturated carbocycles. The van der Waals surface area contributed by atoms with Crippen LogP contribution in [0.3, 0.4) is 0 Å². The minimum Gasteiger partial charge on any atom is -1.00 e. The van der Waals surface area contributed by atoms with Gasteiger partial charge < -0.3 is 23.9 Å². The van der Waals surface area contributed by atoms with Gasteiger partial charge in [0.1, 0.15) is 0 Å². The van der Waals surface area contributed by atoms with E-state index in [1.807, 2.05) is 5.32 Å². The summed E-state index contributed by atoms with van der Waals surface area (Å²) >= 11 is 0. The molecule has 0 spiro atoms. The normalized spacial score (nSPS) is 10.9. The van der Waals surface area contributed by atoms with E-state index in [1.165, 1.54) is 32.1 Å². The zero-order valence-corrected chi connectivity index (χ0v) is 10.8. The molecule has 0 bridgehead atoms. The fraction of sp³-hybridized carbons (Fsp3) is 0.800. The van der Waals surface area contributed by atoms with E-state index in [9.17, 15) is 0 Å². The number of hydrogen-bond acceptors (Lipinski definition) is 1. The van der Waals surface area contributed by atoms with E-state index in [1.54, 1.807) is 0 Å². The minimum atomic E-state index is -0.230. The molecule has 0 aliphatic rings. The molecule has 0 amide bonds. The van der Waals surface area contributed by atoms with E-state index in [-0.39, 0.29) is 18.4 Å². The average Bonchev–Trinajstić information content (AvgIpc) is 2.15. The topological polar surface area (TPSA) is 105 Å². The molecule has 96 valence electrons. The maximum Gasteiger partial charge on any atom is 0.299 e. The van der Waals surface area contributed by atoms with Gasteiger partial charge in [-0.05, 0) is 12.8 Å². The molecule has 0 heterocycles. The van der Waals surface area contributed by atoms with Gasteiger partial charge in [-0.15, -0.1) is 4.99 Å². The Bertz CT molecular complexity index is 205. The average molecular weight is 250 g/mol. The molecule has 0 atom stereocenters. The molecule has 0 aromatic carbocycles. The molecule has 0 aromatic rings. The lowest BCUT2D eigenvalue weighted by atomic mass is 10.1. The number of guanidine groups is 2. The Morgan fingerprint density at radius 2 is 1.69 bits per heavy atom. The number of nitrogens with zero attached hydrogens (tertiary/aromatic N) is 1. The van der Waals surface area contributed by atoms with Crippen molar-refractivity contribution >= 4 is 11.9 Å². The standard InChI is InChI=1S/C10H23N5.ClH/c1-2-3-4-5-6-7-8-14-10(13)15-9(11)12;/h2-8H2,1H3,(H6,11,12,13,14,15);1H. The second kappa shape index (κ2) is 12.3. The summed E-state index contributed by atoms with van der Waals surface area (Å²) in [5.41, 5.74) is 10.6. The van der Waals surface area contributed by atoms with Gasteiger partial charge in [-0.1, -0.05) is 32.6 Å². The maximum atomic E-state index is 6.91. The molecule has 0 fully saturated rings. The van der Waals surface area contributed by atoms with Crippen LogP contribution in [0, 0.1) is 5.41 Å². The van der Waals surface area contributed by atoms with Crippen LogP contribution >= 0.6 is 0 Å². The molecule has 0 aliphatic heterocycles. The van der Waals surface area contributed by atoms with E-state index in [4.69, 9.17) is 16.9 Å². The van der Waals surface area contributed by atoms with Gasteiger partial charge in [0, 0.05) is 0 Å². The first-order chi connectivity index (χ1) is 7.16. The van der Waals surface area contributed by atoms with Gasteiger partial charge in [-0.25, -0.2) is 0 Å². The van der Waals surface area contributed by atoms with Crippen LogP contribution < -0.4 is 29.2 Å². The van der Waals surface area contributed by atoms with Crippen molar-refractivity contribution in [2.75, 3.05) is 6.54 Å². The highest BCUT2D eigenvalue weighted by atomic mass is 35.5. The zero-order valence-electron chi connectivity index (χ0n) is 10.0. The maximum absolute atomic E-state index is 6.91. The van der Waals surface area contributed by atoms with Gasteiger partial charge in [-0.3, -0.25) is 10.7 Å². The molecule has 7 N–H and O–H groups in total. The lowest BCUT2D eigenvalue weighted by molar-refractivity contribution is -0.542. The summed E-state index contributed by atoms with van der Waals surface area (Å²) in [5, 5.41) is 8.74. The number of hydrogen-bond donors (Lipinski definition) is 4. The van der Waals surface area contributed by atoms with Crippen molar-refractivity contribution in [1.82, 2.24) is 0 Å². The van der Waals surface area contributed by atoms with Crippen LogP contribution in [0.25, 0.3) is 0 Å². The predicted molar refractivity (Wildman–Crippen MR) is 63.7 cm³/mol. The van der Waals surface area contributed by atoms with Gasteiger partial charge in [-0.2, -0.15) is 0 Å². The van der Waals surface area contributed by atoms with Crippen molar-refractivity contribution in [3.8, 4) is 0 Å². The van der Waals surface area contributed by atoms with Crippen molar-refractivity contribution < 1.29 is 17.7 Å². The number of unbranched alkanes of at least 4 members (excludes halogenated alkanes) is 5. The van der Waals surface area contributed by atoms with Gasteiger partial charge in [0.25, 0.3) is 5.96 Å². The van der Waals surface area contributed by atoms with Crippen molar-refractivity contribution in [2.24, 2.45) is 16.5 Å². The molecule has 5 nitrogen and oxygen atoms in total. The smallest absolute Gasteiger partial charge is 0.299 e. The number of aliphatic imine (C=N–C) groups is 1. The molecular formula is C10H24ClN5. The van der Waals surface area contributed by atoms with Gasteiger partial charge in [0.15, 0.2) is 0 Å². The highest BCUT2D eigenvalue weighted by Crippen LogP contribution is 2.03. The largest absolute Gasteiger partial charge is 1.00 e. The predicted octanol–water partition coefficient (Wildman–Crippen LogP) is -2.88. The quantitative estimate of drug-likeness (QED) is 0.221. The van der Waals surface area contributed by atoms with E-state index >= 15 is 0 Å². The molecule has 16 heavy (non-hydrogen) atoms. The van der Waals surface area contributed by atoms with Gasteiger partial charge in [0.05, 0.1) is 6.54 Å². The summed E-state index contributed by atoms with van der Waals surface area (Å²) < 4.78 is 0. The lowest BCUT2D eigenvalue weighted by Crippen LogP contribution is -3.00. The van der Waals surface area contributed by atoms with E-state index in [2.05, 4.69) is 11.9 Å². The highest BCUT2D eigenvalue weighted by Gasteiger charge is 1.97. The van der Waals surface area contributed by atoms with Crippen LogP contribution in [0.2, 0.25) is 0 Å². The summed E-state index contributed by atoms with van der Waals surface area (Å²) in [5.74, 6) is 0.128. The first-order valence-corrected chi connectivity index (χ1v) is 5.68. The highest BCUT2D eigenvalue weighted by molar-refractivity contribution is 5.87. The summed E-state index contributed by atoms with van der Waals surface area (Å²) in [6.45, 7) is 3.14. The first-order valence-electron chi connectivity index (χ1n) is 5.68. The van der Waals surface area contributed by atoms with Crippen molar-refractivity contribution in [3.05, 3.63) is 0 Å². The van der Waals surface area contributed by atoms with Crippen LogP contribution in [0.15, 0.2) is 4.99 Å². The third-order valence-corrected chi connectivity index (χ3v) is 2.16. The number of rotatable bonds is 7. The zero-order chi connectivity index (χ0) is 11.5. The fourth-order valence-corrected chi connectivity index (χ4v) is 1.36. The van der Waals surface area contributed by atoms with Crippen molar-refractivity contribution in [1.29, 1.82) is 5.41 Å². The molecule has 0 aliphatic carbocycles. The number of quaternary nitrogens is 1. The van der Waals surface area contributed by atoms with Crippen LogP contribution in [0.5, 0.6) is 0 Å². The number of halogens is 1. The number of nitrogens with two attached hydrogens (primary N) is 3. The van der Waals surface area contributed by atoms with Crippen molar-refractivity contribution in [3.63, 3.8) is 0 Å². The monoisotopic (exact) mass is 249 g/mol. The summed E-state index contributed by atoms with van der Waals surface area (Å²) in [6.07, 6.45) is 7.61. The second-order valence-electron chi connectivity index (χ2n) is 3.68. The van der Waals surface area contributed by atoms with Crippen LogP contribution in [0.4, 0.5) is 0 Å². The molecule has 0 saturated heterocycles. The van der Waals surface area contributed by atoms with Gasteiger partial charge in [0.2, 0.25) is 5.96 Å². The summed E-state index contributed by atoms with van der Waals surface area (Å²) in [6, 6.07) is 0. The fourth-order valence-electron chi connectivity index (χ4n) is 1.36. The van der Waals surface area contributed by atoms with Crippen LogP contribution in [-0.4, -0.2) is 18.5 Å². The third-order valence-electron chi connectivity index (χ3n) is 2.16. The Hall–Kier alpha value is -0.810. The summed E-state index contributed by atoms with van der Waals surface area (Å²) in [7, 11) is 0. The number of nitrogens with one attached hydrogen (secondary N) is 1. The third kappa shape index (κ3) is 13.2. The summed E-state index contributed by atoms with van der Waals surface area (Å²) in [4.78, 5) is 3.62. The van der Waals surface area contributed by atoms with Crippen LogP contribution in [0.1, 0.15) is 45.4 Å². The Morgan fingerprint density at radius 3 is 2.25 bits per heavy atom. The molecular weight excluding hydrogens is 226 g/mol. The Morgan fingerprint density at radius 1 is 1.12 bits per heavy atom. The molecule has 6 heteroatoms. The lowest BCUT2D eigenvalue weighted by Gasteiger charge is -2.00. The molecule has 0 aromatic heterocycles. The van der Waals surface area contributed by atoms with Crippen molar-refractivity contribution in [2.45, 2.75) is 45.4 Å². The molecule has 0 rings (SSSR count). The van der Waals surface area contributed by atoms with Gasteiger partial charge >= 0.3 is 0 Å². The van der Waals surface area contributed by atoms with E-state index < -0.39 is 0 Å². The second-order valence-corrected chi connectivity index (χ2v) is 3.68. The molecule has 0 radical (unpaired) electrons.